The molecule has 0 aromatic rings. The molecule has 0 unspecified atom stereocenters. The largest absolute Gasteiger partial charge is 0.481 e. The summed E-state index contributed by atoms with van der Waals surface area (Å²) in [6.45, 7) is 3.06. The van der Waals surface area contributed by atoms with Crippen molar-refractivity contribution in [3.63, 3.8) is 0 Å². The van der Waals surface area contributed by atoms with Gasteiger partial charge in [0.05, 0.1) is 12.8 Å². The first-order chi connectivity index (χ1) is 7.51. The van der Waals surface area contributed by atoms with Crippen molar-refractivity contribution in [1.82, 2.24) is 0 Å². The van der Waals surface area contributed by atoms with E-state index >= 15 is 0 Å². The minimum absolute atomic E-state index is 0.167. The van der Waals surface area contributed by atoms with Gasteiger partial charge in [0.25, 0.3) is 0 Å². The van der Waals surface area contributed by atoms with Gasteiger partial charge in [0.1, 0.15) is 5.78 Å². The number of carboxylic acid groups (broad SMARTS) is 3. The van der Waals surface area contributed by atoms with Crippen molar-refractivity contribution < 1.29 is 39.6 Å². The van der Waals surface area contributed by atoms with Crippen LogP contribution in [0, 0.1) is 0 Å². The second-order valence-electron chi connectivity index (χ2n) is 3.39. The van der Waals surface area contributed by atoms with Crippen LogP contribution >= 0.6 is 0 Å². The molecule has 8 heteroatoms. The lowest BCUT2D eigenvalue weighted by atomic mass is 9.96. The molecule has 0 bridgehead atoms. The van der Waals surface area contributed by atoms with E-state index < -0.39 is 36.4 Å². The van der Waals surface area contributed by atoms with Crippen molar-refractivity contribution in [2.45, 2.75) is 32.3 Å². The van der Waals surface area contributed by atoms with Crippen molar-refractivity contribution in [3.8, 4) is 0 Å². The van der Waals surface area contributed by atoms with E-state index in [2.05, 4.69) is 0 Å². The Kier molecular flexibility index (Phi) is 7.52. The summed E-state index contributed by atoms with van der Waals surface area (Å²) >= 11 is 0. The molecule has 0 heterocycles. The predicted molar refractivity (Wildman–Crippen MR) is 53.4 cm³/mol. The number of carbonyl (C=O) groups excluding carboxylic acids is 1. The predicted octanol–water partition coefficient (Wildman–Crippen LogP) is -0.653. The molecule has 4 N–H and O–H groups in total. The molecule has 0 saturated heterocycles. The third-order valence-electron chi connectivity index (χ3n) is 1.29. The lowest BCUT2D eigenvalue weighted by Crippen LogP contribution is -2.42. The zero-order valence-electron chi connectivity index (χ0n) is 9.34. The molecule has 0 aliphatic heterocycles. The highest BCUT2D eigenvalue weighted by Crippen LogP contribution is 2.15. The Morgan fingerprint density at radius 2 is 1.12 bits per heavy atom. The molecule has 17 heavy (non-hydrogen) atoms. The van der Waals surface area contributed by atoms with Gasteiger partial charge in [-0.3, -0.25) is 9.59 Å². The number of ketones is 1. The first-order valence-electron chi connectivity index (χ1n) is 4.38. The summed E-state index contributed by atoms with van der Waals surface area (Å²) in [7, 11) is 0. The fourth-order valence-electron chi connectivity index (χ4n) is 0.714. The zero-order valence-corrected chi connectivity index (χ0v) is 9.34. The summed E-state index contributed by atoms with van der Waals surface area (Å²) in [6.07, 6.45) is -2.29. The molecular weight excluding hydrogens is 236 g/mol. The van der Waals surface area contributed by atoms with Crippen LogP contribution in [0.5, 0.6) is 0 Å². The molecule has 98 valence electrons. The summed E-state index contributed by atoms with van der Waals surface area (Å²) in [4.78, 5) is 39.9. The van der Waals surface area contributed by atoms with Gasteiger partial charge in [0.2, 0.25) is 0 Å². The molecule has 0 aromatic heterocycles. The number of carboxylic acids is 3. The van der Waals surface area contributed by atoms with Crippen LogP contribution in [0.4, 0.5) is 0 Å². The monoisotopic (exact) mass is 250 g/mol. The van der Waals surface area contributed by atoms with E-state index in [0.717, 1.165) is 0 Å². The van der Waals surface area contributed by atoms with Gasteiger partial charge in [-0.15, -0.1) is 0 Å². The van der Waals surface area contributed by atoms with Crippen LogP contribution in [-0.4, -0.2) is 49.7 Å². The van der Waals surface area contributed by atoms with Gasteiger partial charge in [-0.25, -0.2) is 4.79 Å². The number of hydrogen-bond acceptors (Lipinski definition) is 5. The van der Waals surface area contributed by atoms with Gasteiger partial charge in [0.15, 0.2) is 5.60 Å². The minimum atomic E-state index is -2.74. The van der Waals surface area contributed by atoms with Crippen molar-refractivity contribution in [2.24, 2.45) is 0 Å². The van der Waals surface area contributed by atoms with Gasteiger partial charge < -0.3 is 25.2 Å². The average molecular weight is 250 g/mol. The number of Topliss-reactive ketones (excluding diaryl/α,β-unsaturated/α-hetero) is 1. The number of hydrogen-bond donors (Lipinski definition) is 4. The van der Waals surface area contributed by atoms with Gasteiger partial charge in [0, 0.05) is 0 Å². The summed E-state index contributed by atoms with van der Waals surface area (Å²) < 4.78 is 0. The molecule has 0 rings (SSSR count). The van der Waals surface area contributed by atoms with Gasteiger partial charge in [-0.05, 0) is 13.8 Å². The van der Waals surface area contributed by atoms with E-state index in [-0.39, 0.29) is 5.78 Å². The first kappa shape index (κ1) is 17.4. The molecule has 0 atom stereocenters. The smallest absolute Gasteiger partial charge is 0.336 e. The zero-order chi connectivity index (χ0) is 14.2. The topological polar surface area (TPSA) is 149 Å². The third-order valence-corrected chi connectivity index (χ3v) is 1.29. The van der Waals surface area contributed by atoms with E-state index in [1.54, 1.807) is 0 Å². The Morgan fingerprint density at radius 1 is 0.882 bits per heavy atom. The minimum Gasteiger partial charge on any atom is -0.481 e. The fourth-order valence-corrected chi connectivity index (χ4v) is 0.714. The van der Waals surface area contributed by atoms with Crippen molar-refractivity contribution in [1.29, 1.82) is 0 Å². The lowest BCUT2D eigenvalue weighted by molar-refractivity contribution is -0.170. The molecule has 0 amide bonds. The highest BCUT2D eigenvalue weighted by Gasteiger charge is 2.40. The molecule has 0 aliphatic carbocycles. The summed E-state index contributed by atoms with van der Waals surface area (Å²) in [6, 6.07) is 0. The van der Waals surface area contributed by atoms with Gasteiger partial charge in [-0.1, -0.05) is 0 Å². The molecule has 0 aliphatic rings. The fraction of sp³-hybridized carbons (Fsp3) is 0.556. The highest BCUT2D eigenvalue weighted by atomic mass is 16.4. The molecular formula is C9H14O8. The third kappa shape index (κ3) is 10.3. The maximum Gasteiger partial charge on any atom is 0.336 e. The van der Waals surface area contributed by atoms with E-state index in [1.807, 2.05) is 0 Å². The number of aliphatic carboxylic acids is 3. The summed E-state index contributed by atoms with van der Waals surface area (Å²) in [5, 5.41) is 33.8. The first-order valence-corrected chi connectivity index (χ1v) is 4.38. The highest BCUT2D eigenvalue weighted by molar-refractivity contribution is 5.88. The molecule has 0 fully saturated rings. The van der Waals surface area contributed by atoms with Crippen LogP contribution in [0.2, 0.25) is 0 Å². The summed E-state index contributed by atoms with van der Waals surface area (Å²) in [5.41, 5.74) is -2.74. The Balaban J connectivity index is 0. The van der Waals surface area contributed by atoms with E-state index in [1.165, 1.54) is 13.8 Å². The van der Waals surface area contributed by atoms with Crippen LogP contribution < -0.4 is 0 Å². The second-order valence-corrected chi connectivity index (χ2v) is 3.39. The Bertz CT molecular complexity index is 299. The van der Waals surface area contributed by atoms with Crippen LogP contribution in [0.15, 0.2) is 0 Å². The second kappa shape index (κ2) is 7.34. The average Bonchev–Trinajstić information content (AvgIpc) is 1.98. The molecule has 0 spiro atoms. The number of aliphatic hydroxyl groups is 1. The van der Waals surface area contributed by atoms with Crippen molar-refractivity contribution in [3.05, 3.63) is 0 Å². The standard InChI is InChI=1S/C6H8O7.C3H6O/c7-3(8)1-6(13,5(11)12)2-4(9)10;1-3(2)4/h13H,1-2H2,(H,7,8)(H,9,10)(H,11,12);1-2H3. The maximum absolute atomic E-state index is 10.3. The molecule has 0 saturated carbocycles. The SMILES string of the molecule is CC(C)=O.O=C(O)CC(O)(CC(=O)O)C(=O)O. The normalized spacial score (nSPS) is 9.82. The summed E-state index contributed by atoms with van der Waals surface area (Å²) in [5.74, 6) is -4.85. The van der Waals surface area contributed by atoms with Crippen LogP contribution in [0.1, 0.15) is 26.7 Å². The lowest BCUT2D eigenvalue weighted by Gasteiger charge is -2.18. The molecule has 0 aromatic carbocycles. The van der Waals surface area contributed by atoms with Crippen molar-refractivity contribution in [2.75, 3.05) is 0 Å². The Morgan fingerprint density at radius 3 is 1.24 bits per heavy atom. The van der Waals surface area contributed by atoms with E-state index in [4.69, 9.17) is 20.4 Å². The van der Waals surface area contributed by atoms with E-state index in [0.29, 0.717) is 0 Å². The van der Waals surface area contributed by atoms with Crippen LogP contribution in [0.25, 0.3) is 0 Å². The van der Waals surface area contributed by atoms with Crippen LogP contribution in [0.3, 0.4) is 0 Å². The quantitative estimate of drug-likeness (QED) is 0.502. The van der Waals surface area contributed by atoms with Crippen LogP contribution in [-0.2, 0) is 19.2 Å². The van der Waals surface area contributed by atoms with Gasteiger partial charge in [-0.2, -0.15) is 0 Å². The number of rotatable bonds is 5. The molecule has 8 nitrogen and oxygen atoms in total. The van der Waals surface area contributed by atoms with E-state index in [9.17, 15) is 19.2 Å². The van der Waals surface area contributed by atoms with Gasteiger partial charge >= 0.3 is 17.9 Å². The maximum atomic E-state index is 10.3. The Labute approximate surface area is 96.5 Å². The van der Waals surface area contributed by atoms with Crippen molar-refractivity contribution >= 4 is 23.7 Å². The molecule has 0 radical (unpaired) electrons. The Hall–Kier alpha value is -1.96. The number of carbonyl (C=O) groups is 4.